The molecule has 0 radical (unpaired) electrons. The molecule has 6 heteroatoms. The fourth-order valence-electron chi connectivity index (χ4n) is 1.72. The Morgan fingerprint density at radius 3 is 2.52 bits per heavy atom. The molecule has 2 aromatic carbocycles. The lowest BCUT2D eigenvalue weighted by Crippen LogP contribution is -2.13. The van der Waals surface area contributed by atoms with Gasteiger partial charge in [-0.05, 0) is 36.4 Å². The van der Waals surface area contributed by atoms with Crippen molar-refractivity contribution in [1.82, 2.24) is 0 Å². The fourth-order valence-corrected chi connectivity index (χ4v) is 2.12. The predicted molar refractivity (Wildman–Crippen MR) is 82.8 cm³/mol. The molecule has 0 fully saturated rings. The third kappa shape index (κ3) is 4.13. The molecule has 2 aromatic rings. The summed E-state index contributed by atoms with van der Waals surface area (Å²) < 4.78 is 14.3. The minimum Gasteiger partial charge on any atom is -0.324 e. The first kappa shape index (κ1) is 15.2. The average Bonchev–Trinajstić information content (AvgIpc) is 2.42. The quantitative estimate of drug-likeness (QED) is 0.884. The lowest BCUT2D eigenvalue weighted by Gasteiger charge is -2.09. The second-order valence-corrected chi connectivity index (χ2v) is 5.26. The first-order valence-corrected chi connectivity index (χ1v) is 6.89. The molecule has 2 rings (SSSR count). The van der Waals surface area contributed by atoms with Gasteiger partial charge in [0.15, 0.2) is 0 Å². The van der Waals surface area contributed by atoms with Crippen molar-refractivity contribution < 1.29 is 14.0 Å². The summed E-state index contributed by atoms with van der Waals surface area (Å²) in [7, 11) is 0. The number of carbonyl (C=O) groups excluding carboxylic acids is 2. The normalized spacial score (nSPS) is 10.0. The van der Waals surface area contributed by atoms with Gasteiger partial charge in [0.2, 0.25) is 5.91 Å². The van der Waals surface area contributed by atoms with Crippen LogP contribution in [0.4, 0.5) is 15.8 Å². The van der Waals surface area contributed by atoms with E-state index in [1.165, 1.54) is 25.1 Å². The Hall–Kier alpha value is -2.21. The minimum atomic E-state index is -0.564. The number of carbonyl (C=O) groups is 2. The van der Waals surface area contributed by atoms with Crippen molar-refractivity contribution in [3.63, 3.8) is 0 Å². The van der Waals surface area contributed by atoms with Crippen LogP contribution in [0.5, 0.6) is 0 Å². The molecule has 0 saturated heterocycles. The highest BCUT2D eigenvalue weighted by atomic mass is 79.9. The third-order valence-corrected chi connectivity index (χ3v) is 3.11. The molecule has 0 spiro atoms. The van der Waals surface area contributed by atoms with E-state index in [1.54, 1.807) is 18.2 Å². The second-order valence-electron chi connectivity index (χ2n) is 4.34. The smallest absolute Gasteiger partial charge is 0.255 e. The number of halogens is 2. The van der Waals surface area contributed by atoms with Crippen molar-refractivity contribution in [2.24, 2.45) is 0 Å². The number of amides is 2. The van der Waals surface area contributed by atoms with Gasteiger partial charge in [0, 0.05) is 22.6 Å². The molecule has 0 unspecified atom stereocenters. The van der Waals surface area contributed by atoms with Crippen LogP contribution in [0.2, 0.25) is 0 Å². The molecule has 4 nitrogen and oxygen atoms in total. The summed E-state index contributed by atoms with van der Waals surface area (Å²) in [6.07, 6.45) is 0. The van der Waals surface area contributed by atoms with Gasteiger partial charge in [-0.25, -0.2) is 4.39 Å². The lowest BCUT2D eigenvalue weighted by molar-refractivity contribution is -0.114. The topological polar surface area (TPSA) is 58.2 Å². The van der Waals surface area contributed by atoms with Gasteiger partial charge in [0.1, 0.15) is 5.82 Å². The summed E-state index contributed by atoms with van der Waals surface area (Å²) in [4.78, 5) is 23.1. The minimum absolute atomic E-state index is 0.0227. The molecule has 2 N–H and O–H groups in total. The number of rotatable bonds is 3. The van der Waals surface area contributed by atoms with Crippen molar-refractivity contribution in [3.05, 3.63) is 58.3 Å². The number of nitrogens with one attached hydrogen (secondary N) is 2. The molecule has 2 amide bonds. The van der Waals surface area contributed by atoms with Crippen LogP contribution in [-0.4, -0.2) is 11.8 Å². The van der Waals surface area contributed by atoms with Crippen LogP contribution in [0.25, 0.3) is 0 Å². The summed E-state index contributed by atoms with van der Waals surface area (Å²) in [5, 5.41) is 5.01. The van der Waals surface area contributed by atoms with Gasteiger partial charge in [0.05, 0.1) is 5.69 Å². The third-order valence-electron chi connectivity index (χ3n) is 2.62. The summed E-state index contributed by atoms with van der Waals surface area (Å²) in [6, 6.07) is 10.9. The Kier molecular flexibility index (Phi) is 4.70. The highest BCUT2D eigenvalue weighted by molar-refractivity contribution is 9.10. The summed E-state index contributed by atoms with van der Waals surface area (Å²) in [5.74, 6) is -1.27. The van der Waals surface area contributed by atoms with Crippen LogP contribution in [0.15, 0.2) is 46.9 Å². The maximum Gasteiger partial charge on any atom is 0.255 e. The maximum absolute atomic E-state index is 13.5. The van der Waals surface area contributed by atoms with E-state index in [0.717, 1.165) is 4.47 Å². The Morgan fingerprint density at radius 1 is 1.10 bits per heavy atom. The molecular formula is C15H12BrFN2O2. The molecule has 108 valence electrons. The van der Waals surface area contributed by atoms with Gasteiger partial charge in [-0.1, -0.05) is 22.0 Å². The van der Waals surface area contributed by atoms with E-state index in [9.17, 15) is 14.0 Å². The van der Waals surface area contributed by atoms with Crippen LogP contribution in [0.1, 0.15) is 17.3 Å². The van der Waals surface area contributed by atoms with E-state index in [-0.39, 0.29) is 17.5 Å². The second kappa shape index (κ2) is 6.49. The Bertz CT molecular complexity index is 704. The molecule has 21 heavy (non-hydrogen) atoms. The first-order chi connectivity index (χ1) is 9.95. The Morgan fingerprint density at radius 2 is 1.86 bits per heavy atom. The standard InChI is InChI=1S/C15H12BrFN2O2/c1-9(20)18-14-8-12(5-6-13(14)17)19-15(21)10-3-2-4-11(16)7-10/h2-8H,1H3,(H,18,20)(H,19,21). The van der Waals surface area contributed by atoms with Crippen molar-refractivity contribution in [2.45, 2.75) is 6.92 Å². The zero-order valence-corrected chi connectivity index (χ0v) is 12.7. The monoisotopic (exact) mass is 350 g/mol. The summed E-state index contributed by atoms with van der Waals surface area (Å²) in [5.41, 5.74) is 0.884. The molecule has 0 atom stereocenters. The number of anilines is 2. The van der Waals surface area contributed by atoms with Gasteiger partial charge in [-0.2, -0.15) is 0 Å². The molecule has 0 aliphatic heterocycles. The molecule has 0 heterocycles. The van der Waals surface area contributed by atoms with Gasteiger partial charge < -0.3 is 10.6 Å². The Balaban J connectivity index is 2.19. The molecular weight excluding hydrogens is 339 g/mol. The summed E-state index contributed by atoms with van der Waals surface area (Å²) in [6.45, 7) is 1.28. The van der Waals surface area contributed by atoms with Gasteiger partial charge >= 0.3 is 0 Å². The van der Waals surface area contributed by atoms with E-state index < -0.39 is 5.82 Å². The van der Waals surface area contributed by atoms with Crippen LogP contribution in [0, 0.1) is 5.82 Å². The number of hydrogen-bond donors (Lipinski definition) is 2. The van der Waals surface area contributed by atoms with Gasteiger partial charge in [-0.3, -0.25) is 9.59 Å². The Labute approximate surface area is 129 Å². The van der Waals surface area contributed by atoms with E-state index in [4.69, 9.17) is 0 Å². The SMILES string of the molecule is CC(=O)Nc1cc(NC(=O)c2cccc(Br)c2)ccc1F. The first-order valence-electron chi connectivity index (χ1n) is 6.10. The number of hydrogen-bond acceptors (Lipinski definition) is 2. The van der Waals surface area contributed by atoms with Crippen molar-refractivity contribution in [3.8, 4) is 0 Å². The van der Waals surface area contributed by atoms with Gasteiger partial charge in [-0.15, -0.1) is 0 Å². The predicted octanol–water partition coefficient (Wildman–Crippen LogP) is 3.80. The molecule has 0 aliphatic carbocycles. The highest BCUT2D eigenvalue weighted by Gasteiger charge is 2.09. The van der Waals surface area contributed by atoms with E-state index in [1.807, 2.05) is 6.07 Å². The van der Waals surface area contributed by atoms with Crippen LogP contribution in [-0.2, 0) is 4.79 Å². The van der Waals surface area contributed by atoms with Crippen molar-refractivity contribution >= 4 is 39.1 Å². The maximum atomic E-state index is 13.5. The van der Waals surface area contributed by atoms with Crippen molar-refractivity contribution in [1.29, 1.82) is 0 Å². The summed E-state index contributed by atoms with van der Waals surface area (Å²) >= 11 is 3.29. The van der Waals surface area contributed by atoms with E-state index in [2.05, 4.69) is 26.6 Å². The number of benzene rings is 2. The van der Waals surface area contributed by atoms with Crippen molar-refractivity contribution in [2.75, 3.05) is 10.6 Å². The van der Waals surface area contributed by atoms with Gasteiger partial charge in [0.25, 0.3) is 5.91 Å². The average molecular weight is 351 g/mol. The van der Waals surface area contributed by atoms with E-state index in [0.29, 0.717) is 11.3 Å². The molecule has 0 aromatic heterocycles. The molecule has 0 saturated carbocycles. The van der Waals surface area contributed by atoms with E-state index >= 15 is 0 Å². The van der Waals surface area contributed by atoms with Crippen LogP contribution < -0.4 is 10.6 Å². The zero-order valence-electron chi connectivity index (χ0n) is 11.1. The fraction of sp³-hybridized carbons (Fsp3) is 0.0667. The largest absolute Gasteiger partial charge is 0.324 e. The zero-order chi connectivity index (χ0) is 15.4. The van der Waals surface area contributed by atoms with Crippen LogP contribution in [0.3, 0.4) is 0 Å². The lowest BCUT2D eigenvalue weighted by atomic mass is 10.2. The molecule has 0 bridgehead atoms. The van der Waals surface area contributed by atoms with Crippen LogP contribution >= 0.6 is 15.9 Å². The highest BCUT2D eigenvalue weighted by Crippen LogP contribution is 2.20. The molecule has 0 aliphatic rings.